The van der Waals surface area contributed by atoms with Crippen molar-refractivity contribution in [2.45, 2.75) is 6.54 Å². The van der Waals surface area contributed by atoms with Crippen molar-refractivity contribution in [3.63, 3.8) is 0 Å². The molecule has 0 fully saturated rings. The first kappa shape index (κ1) is 12.3. The predicted molar refractivity (Wildman–Crippen MR) is 79.0 cm³/mol. The SMILES string of the molecule is Oc1cccc(NCc2ccc(-n3ccnc3)cc2)c1. The van der Waals surface area contributed by atoms with Gasteiger partial charge in [0.05, 0.1) is 6.33 Å². The Hall–Kier alpha value is -2.75. The van der Waals surface area contributed by atoms with Gasteiger partial charge in [-0.3, -0.25) is 0 Å². The van der Waals surface area contributed by atoms with E-state index in [0.29, 0.717) is 6.54 Å². The van der Waals surface area contributed by atoms with Crippen molar-refractivity contribution in [3.05, 3.63) is 72.8 Å². The maximum atomic E-state index is 9.40. The molecule has 100 valence electrons. The molecule has 2 N–H and O–H groups in total. The van der Waals surface area contributed by atoms with Gasteiger partial charge in [0.25, 0.3) is 0 Å². The molecule has 0 unspecified atom stereocenters. The minimum atomic E-state index is 0.269. The molecule has 1 heterocycles. The van der Waals surface area contributed by atoms with Crippen LogP contribution in [0.5, 0.6) is 5.75 Å². The number of phenolic OH excluding ortho intramolecular Hbond substituents is 1. The average Bonchev–Trinajstić information content (AvgIpc) is 3.00. The van der Waals surface area contributed by atoms with E-state index in [1.807, 2.05) is 22.9 Å². The van der Waals surface area contributed by atoms with Crippen molar-refractivity contribution in [1.29, 1.82) is 0 Å². The summed E-state index contributed by atoms with van der Waals surface area (Å²) in [5.74, 6) is 0.269. The summed E-state index contributed by atoms with van der Waals surface area (Å²) in [5, 5.41) is 12.7. The lowest BCUT2D eigenvalue weighted by atomic mass is 10.2. The molecule has 0 atom stereocenters. The Balaban J connectivity index is 1.67. The van der Waals surface area contributed by atoms with Crippen molar-refractivity contribution >= 4 is 5.69 Å². The molecule has 20 heavy (non-hydrogen) atoms. The second-order valence-electron chi connectivity index (χ2n) is 4.54. The predicted octanol–water partition coefficient (Wildman–Crippen LogP) is 3.19. The van der Waals surface area contributed by atoms with Crippen LogP contribution >= 0.6 is 0 Å². The zero-order valence-electron chi connectivity index (χ0n) is 10.9. The van der Waals surface area contributed by atoms with E-state index in [2.05, 4.69) is 34.6 Å². The van der Waals surface area contributed by atoms with Crippen LogP contribution in [0.2, 0.25) is 0 Å². The fourth-order valence-corrected chi connectivity index (χ4v) is 2.02. The van der Waals surface area contributed by atoms with Gasteiger partial charge in [0.15, 0.2) is 0 Å². The van der Waals surface area contributed by atoms with Gasteiger partial charge in [-0.15, -0.1) is 0 Å². The van der Waals surface area contributed by atoms with Crippen LogP contribution in [-0.2, 0) is 6.54 Å². The zero-order chi connectivity index (χ0) is 13.8. The van der Waals surface area contributed by atoms with Gasteiger partial charge in [0, 0.05) is 36.4 Å². The van der Waals surface area contributed by atoms with E-state index in [0.717, 1.165) is 11.4 Å². The highest BCUT2D eigenvalue weighted by Crippen LogP contribution is 2.16. The van der Waals surface area contributed by atoms with Crippen molar-refractivity contribution in [2.75, 3.05) is 5.32 Å². The number of hydrogen-bond donors (Lipinski definition) is 2. The van der Waals surface area contributed by atoms with E-state index < -0.39 is 0 Å². The van der Waals surface area contributed by atoms with E-state index in [1.165, 1.54) is 5.56 Å². The number of benzene rings is 2. The summed E-state index contributed by atoms with van der Waals surface area (Å²) in [5.41, 5.74) is 3.17. The Morgan fingerprint density at radius 2 is 1.95 bits per heavy atom. The number of imidazole rings is 1. The summed E-state index contributed by atoms with van der Waals surface area (Å²) in [7, 11) is 0. The van der Waals surface area contributed by atoms with Gasteiger partial charge < -0.3 is 15.0 Å². The summed E-state index contributed by atoms with van der Waals surface area (Å²) in [6.07, 6.45) is 5.46. The van der Waals surface area contributed by atoms with Crippen LogP contribution in [0.3, 0.4) is 0 Å². The standard InChI is InChI=1S/C16H15N3O/c20-16-3-1-2-14(10-16)18-11-13-4-6-15(7-5-13)19-9-8-17-12-19/h1-10,12,18,20H,11H2. The van der Waals surface area contributed by atoms with Crippen LogP contribution < -0.4 is 5.32 Å². The molecule has 0 bridgehead atoms. The third-order valence-corrected chi connectivity index (χ3v) is 3.08. The molecule has 0 saturated heterocycles. The fraction of sp³-hybridized carbons (Fsp3) is 0.0625. The molecule has 0 aliphatic carbocycles. The van der Waals surface area contributed by atoms with Gasteiger partial charge in [0.1, 0.15) is 5.75 Å². The van der Waals surface area contributed by atoms with Crippen LogP contribution in [-0.4, -0.2) is 14.7 Å². The van der Waals surface area contributed by atoms with Gasteiger partial charge in [-0.2, -0.15) is 0 Å². The second kappa shape index (κ2) is 5.48. The number of aromatic hydroxyl groups is 1. The summed E-state index contributed by atoms with van der Waals surface area (Å²) >= 11 is 0. The fourth-order valence-electron chi connectivity index (χ4n) is 2.02. The van der Waals surface area contributed by atoms with E-state index in [-0.39, 0.29) is 5.75 Å². The molecule has 0 spiro atoms. The lowest BCUT2D eigenvalue weighted by Gasteiger charge is -2.08. The lowest BCUT2D eigenvalue weighted by molar-refractivity contribution is 0.475. The second-order valence-corrected chi connectivity index (χ2v) is 4.54. The van der Waals surface area contributed by atoms with Crippen LogP contribution in [0, 0.1) is 0 Å². The smallest absolute Gasteiger partial charge is 0.117 e. The maximum absolute atomic E-state index is 9.40. The highest BCUT2D eigenvalue weighted by Gasteiger charge is 1.98. The molecule has 3 aromatic rings. The third-order valence-electron chi connectivity index (χ3n) is 3.08. The van der Waals surface area contributed by atoms with Gasteiger partial charge in [-0.05, 0) is 29.8 Å². The molecule has 0 aliphatic heterocycles. The molecule has 0 radical (unpaired) electrons. The lowest BCUT2D eigenvalue weighted by Crippen LogP contribution is -1.99. The molecule has 0 saturated carbocycles. The monoisotopic (exact) mass is 265 g/mol. The Morgan fingerprint density at radius 1 is 1.10 bits per heavy atom. The number of aromatic nitrogens is 2. The average molecular weight is 265 g/mol. The minimum Gasteiger partial charge on any atom is -0.508 e. The Morgan fingerprint density at radius 3 is 2.65 bits per heavy atom. The molecule has 0 aliphatic rings. The van der Waals surface area contributed by atoms with Gasteiger partial charge >= 0.3 is 0 Å². The number of rotatable bonds is 4. The third kappa shape index (κ3) is 2.80. The zero-order valence-corrected chi connectivity index (χ0v) is 10.9. The van der Waals surface area contributed by atoms with E-state index in [1.54, 1.807) is 24.7 Å². The summed E-state index contributed by atoms with van der Waals surface area (Å²) in [4.78, 5) is 4.03. The van der Waals surface area contributed by atoms with Crippen molar-refractivity contribution in [3.8, 4) is 11.4 Å². The largest absolute Gasteiger partial charge is 0.508 e. The Labute approximate surface area is 117 Å². The Kier molecular flexibility index (Phi) is 3.37. The van der Waals surface area contributed by atoms with Crippen molar-refractivity contribution < 1.29 is 5.11 Å². The first-order chi connectivity index (χ1) is 9.81. The summed E-state index contributed by atoms with van der Waals surface area (Å²) < 4.78 is 1.96. The molecular weight excluding hydrogens is 250 g/mol. The number of anilines is 1. The molecule has 4 nitrogen and oxygen atoms in total. The Bertz CT molecular complexity index is 675. The topological polar surface area (TPSA) is 50.1 Å². The number of phenols is 1. The molecule has 4 heteroatoms. The first-order valence-electron chi connectivity index (χ1n) is 6.41. The van der Waals surface area contributed by atoms with Crippen LogP contribution in [0.15, 0.2) is 67.3 Å². The highest BCUT2D eigenvalue weighted by molar-refractivity contribution is 5.48. The van der Waals surface area contributed by atoms with Crippen LogP contribution in [0.1, 0.15) is 5.56 Å². The molecule has 0 amide bonds. The highest BCUT2D eigenvalue weighted by atomic mass is 16.3. The molecular formula is C16H15N3O. The summed E-state index contributed by atoms with van der Waals surface area (Å²) in [6, 6.07) is 15.4. The molecule has 2 aromatic carbocycles. The van der Waals surface area contributed by atoms with E-state index in [4.69, 9.17) is 0 Å². The van der Waals surface area contributed by atoms with Gasteiger partial charge in [0.2, 0.25) is 0 Å². The maximum Gasteiger partial charge on any atom is 0.117 e. The summed E-state index contributed by atoms with van der Waals surface area (Å²) in [6.45, 7) is 0.716. The van der Waals surface area contributed by atoms with E-state index >= 15 is 0 Å². The minimum absolute atomic E-state index is 0.269. The van der Waals surface area contributed by atoms with Gasteiger partial charge in [-0.1, -0.05) is 18.2 Å². The van der Waals surface area contributed by atoms with Gasteiger partial charge in [-0.25, -0.2) is 4.98 Å². The van der Waals surface area contributed by atoms with Crippen molar-refractivity contribution in [2.24, 2.45) is 0 Å². The molecule has 3 rings (SSSR count). The first-order valence-corrected chi connectivity index (χ1v) is 6.41. The van der Waals surface area contributed by atoms with Crippen LogP contribution in [0.25, 0.3) is 5.69 Å². The number of hydrogen-bond acceptors (Lipinski definition) is 3. The number of nitrogens with zero attached hydrogens (tertiary/aromatic N) is 2. The quantitative estimate of drug-likeness (QED) is 0.761. The number of nitrogens with one attached hydrogen (secondary N) is 1. The molecule has 1 aromatic heterocycles. The van der Waals surface area contributed by atoms with Crippen LogP contribution in [0.4, 0.5) is 5.69 Å². The van der Waals surface area contributed by atoms with Crippen molar-refractivity contribution in [1.82, 2.24) is 9.55 Å². The van der Waals surface area contributed by atoms with E-state index in [9.17, 15) is 5.11 Å². The normalized spacial score (nSPS) is 10.4.